The lowest BCUT2D eigenvalue weighted by atomic mass is 9.77. The molecule has 2 unspecified atom stereocenters. The standard InChI is InChI=1S/C22H23F3N2O2/c1-4-5-6-17-20(14-7-9-15(23)10-8-14)26-27(22(17,2)21(28)29-3)19-12-11-16(24)13-18(19)25/h7-13,17H,4-6H2,1-3H3. The smallest absolute Gasteiger partial charge is 0.334 e. The number of hydrogen-bond donors (Lipinski definition) is 0. The van der Waals surface area contributed by atoms with Crippen LogP contribution in [0.4, 0.5) is 18.9 Å². The summed E-state index contributed by atoms with van der Waals surface area (Å²) < 4.78 is 46.6. The molecule has 0 fully saturated rings. The Morgan fingerprint density at radius 3 is 2.38 bits per heavy atom. The fourth-order valence-corrected chi connectivity index (χ4v) is 3.79. The number of carbonyl (C=O) groups is 1. The number of unbranched alkanes of at least 4 members (excludes halogenated alkanes) is 1. The molecule has 0 radical (unpaired) electrons. The predicted molar refractivity (Wildman–Crippen MR) is 105 cm³/mol. The van der Waals surface area contributed by atoms with Gasteiger partial charge in [0, 0.05) is 12.0 Å². The molecule has 2 aromatic rings. The van der Waals surface area contributed by atoms with Crippen molar-refractivity contribution < 1.29 is 22.7 Å². The van der Waals surface area contributed by atoms with Crippen LogP contribution in [0.3, 0.4) is 0 Å². The predicted octanol–water partition coefficient (Wildman–Crippen LogP) is 5.07. The largest absolute Gasteiger partial charge is 0.467 e. The molecule has 4 nitrogen and oxygen atoms in total. The number of rotatable bonds is 6. The minimum absolute atomic E-state index is 0.0297. The highest BCUT2D eigenvalue weighted by Gasteiger charge is 2.55. The number of ether oxygens (including phenoxy) is 1. The van der Waals surface area contributed by atoms with Crippen LogP contribution in [0.5, 0.6) is 0 Å². The van der Waals surface area contributed by atoms with Crippen molar-refractivity contribution in [2.45, 2.75) is 38.6 Å². The Morgan fingerprint density at radius 2 is 1.79 bits per heavy atom. The number of anilines is 1. The highest BCUT2D eigenvalue weighted by Crippen LogP contribution is 2.43. The number of methoxy groups -OCH3 is 1. The van der Waals surface area contributed by atoms with Crippen molar-refractivity contribution in [1.29, 1.82) is 0 Å². The van der Waals surface area contributed by atoms with Gasteiger partial charge in [-0.15, -0.1) is 0 Å². The summed E-state index contributed by atoms with van der Waals surface area (Å²) in [4.78, 5) is 12.9. The monoisotopic (exact) mass is 404 g/mol. The quantitative estimate of drug-likeness (QED) is 0.632. The van der Waals surface area contributed by atoms with E-state index in [0.717, 1.165) is 25.0 Å². The van der Waals surface area contributed by atoms with Gasteiger partial charge in [-0.2, -0.15) is 5.10 Å². The number of esters is 1. The highest BCUT2D eigenvalue weighted by atomic mass is 19.1. The van der Waals surface area contributed by atoms with Crippen LogP contribution in [-0.2, 0) is 9.53 Å². The normalized spacial score (nSPS) is 21.2. The van der Waals surface area contributed by atoms with Crippen molar-refractivity contribution in [1.82, 2.24) is 0 Å². The number of carbonyl (C=O) groups excluding carboxylic acids is 1. The first kappa shape index (κ1) is 20.9. The van der Waals surface area contributed by atoms with E-state index in [0.29, 0.717) is 17.7 Å². The summed E-state index contributed by atoms with van der Waals surface area (Å²) in [7, 11) is 1.26. The number of hydrogen-bond acceptors (Lipinski definition) is 4. The molecule has 0 saturated carbocycles. The third-order valence-electron chi connectivity index (χ3n) is 5.38. The second-order valence-electron chi connectivity index (χ2n) is 7.23. The van der Waals surface area contributed by atoms with Gasteiger partial charge in [0.25, 0.3) is 0 Å². The van der Waals surface area contributed by atoms with Gasteiger partial charge in [-0.1, -0.05) is 31.9 Å². The van der Waals surface area contributed by atoms with Gasteiger partial charge >= 0.3 is 5.97 Å². The first-order valence-corrected chi connectivity index (χ1v) is 9.51. The van der Waals surface area contributed by atoms with Gasteiger partial charge in [0.15, 0.2) is 11.4 Å². The zero-order valence-corrected chi connectivity index (χ0v) is 16.6. The van der Waals surface area contributed by atoms with Gasteiger partial charge < -0.3 is 4.74 Å². The summed E-state index contributed by atoms with van der Waals surface area (Å²) in [6.07, 6.45) is 2.28. The summed E-state index contributed by atoms with van der Waals surface area (Å²) in [6, 6.07) is 8.89. The fraction of sp³-hybridized carbons (Fsp3) is 0.364. The number of benzene rings is 2. The van der Waals surface area contributed by atoms with Crippen LogP contribution in [0.1, 0.15) is 38.7 Å². The van der Waals surface area contributed by atoms with Crippen LogP contribution in [0.15, 0.2) is 47.6 Å². The first-order valence-electron chi connectivity index (χ1n) is 9.51. The molecule has 154 valence electrons. The van der Waals surface area contributed by atoms with Crippen molar-refractivity contribution in [2.75, 3.05) is 12.1 Å². The van der Waals surface area contributed by atoms with Crippen molar-refractivity contribution in [3.05, 3.63) is 65.5 Å². The van der Waals surface area contributed by atoms with E-state index in [-0.39, 0.29) is 5.69 Å². The average Bonchev–Trinajstić information content (AvgIpc) is 2.99. The number of nitrogens with zero attached hydrogens (tertiary/aromatic N) is 2. The molecule has 1 aliphatic heterocycles. The third-order valence-corrected chi connectivity index (χ3v) is 5.38. The van der Waals surface area contributed by atoms with Crippen LogP contribution < -0.4 is 5.01 Å². The number of halogens is 3. The second-order valence-corrected chi connectivity index (χ2v) is 7.23. The summed E-state index contributed by atoms with van der Waals surface area (Å²) in [5.74, 6) is -2.96. The van der Waals surface area contributed by atoms with Crippen LogP contribution in [0.25, 0.3) is 0 Å². The highest BCUT2D eigenvalue weighted by molar-refractivity contribution is 6.09. The van der Waals surface area contributed by atoms with Crippen molar-refractivity contribution in [3.63, 3.8) is 0 Å². The Balaban J connectivity index is 2.19. The van der Waals surface area contributed by atoms with E-state index in [1.165, 1.54) is 30.3 Å². The van der Waals surface area contributed by atoms with E-state index in [9.17, 15) is 18.0 Å². The Morgan fingerprint density at radius 1 is 1.14 bits per heavy atom. The Bertz CT molecular complexity index is 930. The molecule has 1 aliphatic rings. The van der Waals surface area contributed by atoms with Crippen LogP contribution in [-0.4, -0.2) is 24.3 Å². The second kappa shape index (κ2) is 8.27. The van der Waals surface area contributed by atoms with Crippen molar-refractivity contribution >= 4 is 17.4 Å². The van der Waals surface area contributed by atoms with Gasteiger partial charge in [-0.05, 0) is 43.2 Å². The SMILES string of the molecule is CCCCC1C(c2ccc(F)cc2)=NN(c2ccc(F)cc2F)C1(C)C(=O)OC. The molecule has 0 N–H and O–H groups in total. The van der Waals surface area contributed by atoms with E-state index in [1.807, 2.05) is 6.92 Å². The zero-order valence-electron chi connectivity index (χ0n) is 16.6. The van der Waals surface area contributed by atoms with Crippen molar-refractivity contribution in [3.8, 4) is 0 Å². The molecule has 0 aliphatic carbocycles. The minimum Gasteiger partial charge on any atom is -0.467 e. The maximum atomic E-state index is 14.6. The molecule has 0 spiro atoms. The molecule has 0 amide bonds. The average molecular weight is 404 g/mol. The lowest BCUT2D eigenvalue weighted by Crippen LogP contribution is -2.54. The first-order chi connectivity index (χ1) is 13.8. The summed E-state index contributed by atoms with van der Waals surface area (Å²) in [5.41, 5.74) is -0.201. The van der Waals surface area contributed by atoms with Gasteiger partial charge in [0.2, 0.25) is 0 Å². The fourth-order valence-electron chi connectivity index (χ4n) is 3.79. The molecule has 29 heavy (non-hydrogen) atoms. The maximum absolute atomic E-state index is 14.6. The van der Waals surface area contributed by atoms with E-state index in [2.05, 4.69) is 5.10 Å². The van der Waals surface area contributed by atoms with Crippen molar-refractivity contribution in [2.24, 2.45) is 11.0 Å². The minimum atomic E-state index is -1.34. The molecule has 7 heteroatoms. The molecule has 2 atom stereocenters. The van der Waals surface area contributed by atoms with Crippen LogP contribution in [0.2, 0.25) is 0 Å². The molecule has 1 heterocycles. The van der Waals surface area contributed by atoms with E-state index in [1.54, 1.807) is 19.1 Å². The van der Waals surface area contributed by atoms with Crippen LogP contribution in [0, 0.1) is 23.4 Å². The summed E-state index contributed by atoms with van der Waals surface area (Å²) in [6.45, 7) is 3.67. The summed E-state index contributed by atoms with van der Waals surface area (Å²) in [5, 5.41) is 5.84. The molecule has 0 aromatic heterocycles. The lowest BCUT2D eigenvalue weighted by molar-refractivity contribution is -0.147. The van der Waals surface area contributed by atoms with Gasteiger partial charge in [-0.3, -0.25) is 0 Å². The molecule has 0 bridgehead atoms. The molecule has 2 aromatic carbocycles. The third kappa shape index (κ3) is 3.73. The van der Waals surface area contributed by atoms with Gasteiger partial charge in [-0.25, -0.2) is 23.0 Å². The Kier molecular flexibility index (Phi) is 5.96. The van der Waals surface area contributed by atoms with E-state index in [4.69, 9.17) is 4.74 Å². The van der Waals surface area contributed by atoms with E-state index < -0.39 is 34.9 Å². The number of hydrazone groups is 1. The molecular weight excluding hydrogens is 381 g/mol. The van der Waals surface area contributed by atoms with Crippen LogP contribution >= 0.6 is 0 Å². The lowest BCUT2D eigenvalue weighted by Gasteiger charge is -2.36. The topological polar surface area (TPSA) is 41.9 Å². The Hall–Kier alpha value is -2.83. The van der Waals surface area contributed by atoms with Gasteiger partial charge in [0.05, 0.1) is 18.5 Å². The van der Waals surface area contributed by atoms with E-state index >= 15 is 0 Å². The molecule has 0 saturated heterocycles. The van der Waals surface area contributed by atoms with Gasteiger partial charge in [0.1, 0.15) is 11.6 Å². The zero-order chi connectivity index (χ0) is 21.2. The maximum Gasteiger partial charge on any atom is 0.334 e. The molecule has 3 rings (SSSR count). The molecular formula is C22H23F3N2O2. The Labute approximate surface area is 168 Å². The summed E-state index contributed by atoms with van der Waals surface area (Å²) >= 11 is 0.